The van der Waals surface area contributed by atoms with Gasteiger partial charge in [-0.1, -0.05) is 6.92 Å². The fourth-order valence-corrected chi connectivity index (χ4v) is 0.579. The molecule has 0 N–H and O–H groups in total. The van der Waals surface area contributed by atoms with Crippen molar-refractivity contribution in [1.29, 1.82) is 0 Å². The third kappa shape index (κ3) is 1.50. The molecule has 1 aliphatic carbocycles. The van der Waals surface area contributed by atoms with Crippen LogP contribution in [-0.2, 0) is 32.7 Å². The van der Waals surface area contributed by atoms with Crippen molar-refractivity contribution in [3.8, 4) is 0 Å². The van der Waals surface area contributed by atoms with Gasteiger partial charge < -0.3 is 16.6 Å². The van der Waals surface area contributed by atoms with E-state index < -0.39 is 12.2 Å². The number of rotatable bonds is 0. The zero-order chi connectivity index (χ0) is 5.44. The molecule has 1 rings (SSSR count). The first-order valence-electron chi connectivity index (χ1n) is 2.38. The van der Waals surface area contributed by atoms with Gasteiger partial charge in [-0.2, -0.15) is 0 Å². The maximum Gasteiger partial charge on any atom is 0 e. The summed E-state index contributed by atoms with van der Waals surface area (Å²) in [4.78, 5) is 0. The summed E-state index contributed by atoms with van der Waals surface area (Å²) in [6.45, 7) is 1.69. The summed E-state index contributed by atoms with van der Waals surface area (Å²) in [7, 11) is 0. The monoisotopic (exact) mass is 188 g/mol. The van der Waals surface area contributed by atoms with Crippen LogP contribution in [0.15, 0.2) is 0 Å². The molecule has 0 bridgehead atoms. The van der Waals surface area contributed by atoms with Crippen molar-refractivity contribution >= 4 is 0 Å². The minimum Gasteiger partial charge on any atom is -0.876 e. The molecule has 0 spiro atoms. The van der Waals surface area contributed by atoms with E-state index in [1.807, 2.05) is 0 Å². The van der Waals surface area contributed by atoms with E-state index in [4.69, 9.17) is 0 Å². The van der Waals surface area contributed by atoms with E-state index in [9.17, 15) is 10.2 Å². The van der Waals surface area contributed by atoms with Crippen LogP contribution in [0, 0.1) is 12.3 Å². The maximum atomic E-state index is 10.3. The number of hydrogen-bond acceptors (Lipinski definition) is 2. The van der Waals surface area contributed by atoms with Crippen molar-refractivity contribution in [3.63, 3.8) is 0 Å². The molecule has 2 atom stereocenters. The predicted octanol–water partition coefficient (Wildman–Crippen LogP) is -1.70. The molecule has 1 saturated carbocycles. The Morgan fingerprint density at radius 1 is 1.25 bits per heavy atom. The smallest absolute Gasteiger partial charge is 0 e. The summed E-state index contributed by atoms with van der Waals surface area (Å²) in [6, 6.07) is 0. The molecule has 2 nitrogen and oxygen atoms in total. The van der Waals surface area contributed by atoms with Crippen molar-refractivity contribution in [1.82, 2.24) is 0 Å². The molecule has 0 aliphatic heterocycles. The Kier molecular flexibility index (Phi) is 3.67. The van der Waals surface area contributed by atoms with Crippen LogP contribution in [-0.4, -0.2) is 12.2 Å². The van der Waals surface area contributed by atoms with Gasteiger partial charge in [0.25, 0.3) is 0 Å². The van der Waals surface area contributed by atoms with Crippen LogP contribution in [0.4, 0.5) is 0 Å². The molecule has 45 valence electrons. The zero-order valence-electron chi connectivity index (χ0n) is 4.70. The normalized spacial score (nSPS) is 44.6. The average Bonchev–Trinajstić information content (AvgIpc) is 1.68. The maximum absolute atomic E-state index is 10.3. The van der Waals surface area contributed by atoms with Crippen LogP contribution in [0.3, 0.4) is 0 Å². The van der Waals surface area contributed by atoms with Crippen molar-refractivity contribution in [3.05, 3.63) is 6.42 Å². The second-order valence-corrected chi connectivity index (χ2v) is 1.98. The summed E-state index contributed by atoms with van der Waals surface area (Å²) in [5, 5.41) is 20.5. The van der Waals surface area contributed by atoms with E-state index in [2.05, 4.69) is 0 Å². The predicted molar refractivity (Wildman–Crippen MR) is 21.0 cm³/mol. The fourth-order valence-electron chi connectivity index (χ4n) is 0.579. The molecule has 0 aromatic heterocycles. The molecule has 0 saturated heterocycles. The van der Waals surface area contributed by atoms with Gasteiger partial charge in [0, 0.05) is 32.7 Å². The van der Waals surface area contributed by atoms with Gasteiger partial charge >= 0.3 is 0 Å². The van der Waals surface area contributed by atoms with Crippen molar-refractivity contribution in [2.75, 3.05) is 0 Å². The zero-order valence-corrected chi connectivity index (χ0v) is 7.54. The van der Waals surface area contributed by atoms with Gasteiger partial charge in [-0.3, -0.25) is 12.2 Å². The second-order valence-electron chi connectivity index (χ2n) is 1.98. The summed E-state index contributed by atoms with van der Waals surface area (Å²) in [6.07, 6.45) is -0.0602. The second kappa shape index (κ2) is 3.26. The Morgan fingerprint density at radius 2 is 1.62 bits per heavy atom. The van der Waals surface area contributed by atoms with Gasteiger partial charge in [0.15, 0.2) is 0 Å². The topological polar surface area (TPSA) is 46.1 Å². The first kappa shape index (κ1) is 9.02. The molecule has 1 aliphatic rings. The Morgan fingerprint density at radius 3 is 1.62 bits per heavy atom. The molecule has 1 radical (unpaired) electrons. The van der Waals surface area contributed by atoms with E-state index in [-0.39, 0.29) is 38.6 Å². The van der Waals surface area contributed by atoms with Crippen molar-refractivity contribution in [2.24, 2.45) is 5.92 Å². The van der Waals surface area contributed by atoms with Gasteiger partial charge in [0.2, 0.25) is 0 Å². The van der Waals surface area contributed by atoms with Crippen molar-refractivity contribution < 1.29 is 42.9 Å². The standard InChI is InChI=1S/C5H7O2.Y/c1-3-4(6)2-5(3)7;/h2-5H,1H3;/q-3;. The molecule has 0 aromatic carbocycles. The van der Waals surface area contributed by atoms with Crippen LogP contribution in [0.2, 0.25) is 0 Å². The van der Waals surface area contributed by atoms with Gasteiger partial charge in [-0.15, -0.1) is 5.92 Å². The van der Waals surface area contributed by atoms with Gasteiger partial charge in [0.05, 0.1) is 0 Å². The molecule has 0 amide bonds. The summed E-state index contributed by atoms with van der Waals surface area (Å²) < 4.78 is 0. The Labute approximate surface area is 74.2 Å². The summed E-state index contributed by atoms with van der Waals surface area (Å²) in [5.74, 6) is -0.167. The first-order valence-corrected chi connectivity index (χ1v) is 2.38. The Bertz CT molecular complexity index is 68.8. The van der Waals surface area contributed by atoms with Crippen LogP contribution in [0.5, 0.6) is 0 Å². The Hall–Kier alpha value is 1.02. The van der Waals surface area contributed by atoms with Gasteiger partial charge in [0.1, 0.15) is 0 Å². The molecule has 1 fully saturated rings. The Balaban J connectivity index is 0.000000490. The van der Waals surface area contributed by atoms with E-state index in [0.717, 1.165) is 0 Å². The van der Waals surface area contributed by atoms with Crippen LogP contribution < -0.4 is 10.2 Å². The van der Waals surface area contributed by atoms with E-state index in [1.165, 1.54) is 6.42 Å². The van der Waals surface area contributed by atoms with E-state index in [0.29, 0.717) is 0 Å². The fraction of sp³-hybridized carbons (Fsp3) is 0.800. The molecule has 3 heteroatoms. The minimum absolute atomic E-state index is 0. The molecule has 8 heavy (non-hydrogen) atoms. The van der Waals surface area contributed by atoms with E-state index in [1.54, 1.807) is 6.92 Å². The van der Waals surface area contributed by atoms with Crippen LogP contribution in [0.25, 0.3) is 0 Å². The molecular weight excluding hydrogens is 181 g/mol. The van der Waals surface area contributed by atoms with Crippen molar-refractivity contribution in [2.45, 2.75) is 19.1 Å². The quantitative estimate of drug-likeness (QED) is 0.425. The van der Waals surface area contributed by atoms with Gasteiger partial charge in [-0.25, -0.2) is 0 Å². The largest absolute Gasteiger partial charge is 0.876 e. The van der Waals surface area contributed by atoms with Crippen LogP contribution >= 0.6 is 0 Å². The molecule has 0 aromatic rings. The number of hydrogen-bond donors (Lipinski definition) is 0. The first-order chi connectivity index (χ1) is 3.22. The summed E-state index contributed by atoms with van der Waals surface area (Å²) in [5.41, 5.74) is 0. The van der Waals surface area contributed by atoms with E-state index >= 15 is 0 Å². The third-order valence-corrected chi connectivity index (χ3v) is 1.42. The molecular formula is C5H7O2Y-3. The summed E-state index contributed by atoms with van der Waals surface area (Å²) >= 11 is 0. The van der Waals surface area contributed by atoms with Crippen LogP contribution in [0.1, 0.15) is 6.92 Å². The molecule has 0 heterocycles. The average molecular weight is 188 g/mol. The van der Waals surface area contributed by atoms with Gasteiger partial charge in [-0.05, 0) is 0 Å². The third-order valence-electron chi connectivity index (χ3n) is 1.42. The molecule has 2 unspecified atom stereocenters. The minimum atomic E-state index is -0.678. The SMILES string of the molecule is CC1C([O-])[CH-]C1[O-].[Y].